The summed E-state index contributed by atoms with van der Waals surface area (Å²) < 4.78 is 6.57. The molecule has 0 spiro atoms. The zero-order chi connectivity index (χ0) is 25.8. The molecule has 0 saturated carbocycles. The van der Waals surface area contributed by atoms with E-state index >= 15 is 0 Å². The van der Waals surface area contributed by atoms with Crippen molar-refractivity contribution in [2.45, 2.75) is 0 Å². The average Bonchev–Trinajstić information content (AvgIpc) is 3.39. The maximum absolute atomic E-state index is 6.57. The first-order valence-electron chi connectivity index (χ1n) is 13.1. The van der Waals surface area contributed by atoms with Gasteiger partial charge in [-0.3, -0.25) is 0 Å². The fourth-order valence-corrected chi connectivity index (χ4v) is 5.59. The van der Waals surface area contributed by atoms with Gasteiger partial charge in [-0.1, -0.05) is 103 Å². The second-order valence-corrected chi connectivity index (χ2v) is 9.80. The second-order valence-electron chi connectivity index (χ2n) is 9.80. The molecule has 0 amide bonds. The lowest BCUT2D eigenvalue weighted by Gasteiger charge is -2.13. The molecule has 2 aromatic heterocycles. The molecule has 182 valence electrons. The zero-order valence-corrected chi connectivity index (χ0v) is 21.0. The van der Waals surface area contributed by atoms with Crippen LogP contribution in [-0.2, 0) is 0 Å². The number of rotatable bonds is 3. The summed E-state index contributed by atoms with van der Waals surface area (Å²) in [5, 5.41) is 4.32. The Labute approximate surface area is 225 Å². The van der Waals surface area contributed by atoms with Crippen LogP contribution in [0.2, 0.25) is 0 Å². The minimum Gasteiger partial charge on any atom is -0.455 e. The summed E-state index contributed by atoms with van der Waals surface area (Å²) in [6.07, 6.45) is 0. The van der Waals surface area contributed by atoms with Gasteiger partial charge in [-0.25, -0.2) is 9.97 Å². The van der Waals surface area contributed by atoms with E-state index in [-0.39, 0.29) is 0 Å². The highest BCUT2D eigenvalue weighted by atomic mass is 16.3. The van der Waals surface area contributed by atoms with Crippen LogP contribution in [0.1, 0.15) is 0 Å². The minimum absolute atomic E-state index is 0.869. The number of hydrogen-bond acceptors (Lipinski definition) is 3. The fraction of sp³-hybridized carbons (Fsp3) is 0. The molecule has 3 heteroatoms. The highest BCUT2D eigenvalue weighted by Crippen LogP contribution is 2.42. The van der Waals surface area contributed by atoms with Crippen molar-refractivity contribution in [3.05, 3.63) is 133 Å². The lowest BCUT2D eigenvalue weighted by Crippen LogP contribution is -1.96. The maximum atomic E-state index is 6.57. The molecule has 0 aliphatic heterocycles. The monoisotopic (exact) mass is 498 g/mol. The van der Waals surface area contributed by atoms with Gasteiger partial charge in [-0.2, -0.15) is 0 Å². The molecule has 39 heavy (non-hydrogen) atoms. The summed E-state index contributed by atoms with van der Waals surface area (Å²) in [6, 6.07) is 46.0. The van der Waals surface area contributed by atoms with Crippen LogP contribution in [-0.4, -0.2) is 9.97 Å². The molecule has 0 bridgehead atoms. The van der Waals surface area contributed by atoms with Crippen LogP contribution >= 0.6 is 0 Å². The minimum atomic E-state index is 0.869. The standard InChI is InChI=1S/C36H22N2O/c1-3-11-23(12-4-1)25-19-20-27-30-22-29(26-15-7-8-16-28(26)36(30)39-33(27)21-25)35-34(24-13-5-2-6-14-24)37-31-17-9-10-18-32(31)38-35/h1-22H. The van der Waals surface area contributed by atoms with Gasteiger partial charge in [-0.15, -0.1) is 0 Å². The smallest absolute Gasteiger partial charge is 0.143 e. The van der Waals surface area contributed by atoms with Crippen LogP contribution in [0, 0.1) is 0 Å². The van der Waals surface area contributed by atoms with E-state index < -0.39 is 0 Å². The first-order valence-corrected chi connectivity index (χ1v) is 13.1. The summed E-state index contributed by atoms with van der Waals surface area (Å²) in [4.78, 5) is 10.3. The molecule has 0 aliphatic carbocycles. The molecule has 0 N–H and O–H groups in total. The number of nitrogens with zero attached hydrogens (tertiary/aromatic N) is 2. The summed E-state index contributed by atoms with van der Waals surface area (Å²) >= 11 is 0. The fourth-order valence-electron chi connectivity index (χ4n) is 5.59. The van der Waals surface area contributed by atoms with Crippen molar-refractivity contribution < 1.29 is 4.42 Å². The molecule has 0 atom stereocenters. The molecule has 0 saturated heterocycles. The van der Waals surface area contributed by atoms with E-state index in [1.54, 1.807) is 0 Å². The SMILES string of the molecule is c1ccc(-c2ccc3c(c2)oc2c4ccccc4c(-c4nc5ccccc5nc4-c4ccccc4)cc32)cc1. The largest absolute Gasteiger partial charge is 0.455 e. The number of hydrogen-bond donors (Lipinski definition) is 0. The Balaban J connectivity index is 1.45. The number of furan rings is 1. The normalized spacial score (nSPS) is 11.6. The van der Waals surface area contributed by atoms with E-state index in [1.165, 1.54) is 5.56 Å². The van der Waals surface area contributed by atoms with Gasteiger partial charge in [0.25, 0.3) is 0 Å². The highest BCUT2D eigenvalue weighted by molar-refractivity contribution is 6.19. The third-order valence-electron chi connectivity index (χ3n) is 7.46. The van der Waals surface area contributed by atoms with Gasteiger partial charge in [-0.05, 0) is 46.8 Å². The molecular weight excluding hydrogens is 476 g/mol. The van der Waals surface area contributed by atoms with Crippen LogP contribution in [0.5, 0.6) is 0 Å². The van der Waals surface area contributed by atoms with Gasteiger partial charge in [0.05, 0.1) is 22.4 Å². The Bertz CT molecular complexity index is 2160. The third kappa shape index (κ3) is 3.52. The lowest BCUT2D eigenvalue weighted by molar-refractivity contribution is 0.673. The third-order valence-corrected chi connectivity index (χ3v) is 7.46. The first kappa shape index (κ1) is 21.8. The molecular formula is C36H22N2O. The van der Waals surface area contributed by atoms with Gasteiger partial charge >= 0.3 is 0 Å². The molecule has 3 nitrogen and oxygen atoms in total. The number of fused-ring (bicyclic) bond motifs is 6. The van der Waals surface area contributed by atoms with Gasteiger partial charge in [0.1, 0.15) is 11.2 Å². The summed E-state index contributed by atoms with van der Waals surface area (Å²) in [5.41, 5.74) is 9.67. The zero-order valence-electron chi connectivity index (χ0n) is 21.0. The Morgan fingerprint density at radius 1 is 0.410 bits per heavy atom. The van der Waals surface area contributed by atoms with Gasteiger partial charge in [0, 0.05) is 27.3 Å². The lowest BCUT2D eigenvalue weighted by atomic mass is 9.95. The van der Waals surface area contributed by atoms with Crippen LogP contribution in [0.3, 0.4) is 0 Å². The van der Waals surface area contributed by atoms with E-state index in [0.717, 1.165) is 71.8 Å². The predicted molar refractivity (Wildman–Crippen MR) is 161 cm³/mol. The molecule has 0 unspecified atom stereocenters. The number of para-hydroxylation sites is 2. The van der Waals surface area contributed by atoms with E-state index in [4.69, 9.17) is 14.4 Å². The molecule has 8 rings (SSSR count). The van der Waals surface area contributed by atoms with E-state index in [9.17, 15) is 0 Å². The molecule has 0 fully saturated rings. The Hall–Kier alpha value is -5.28. The van der Waals surface area contributed by atoms with Crippen LogP contribution < -0.4 is 0 Å². The second kappa shape index (κ2) is 8.64. The Morgan fingerprint density at radius 2 is 1.03 bits per heavy atom. The number of aromatic nitrogens is 2. The molecule has 6 aromatic carbocycles. The van der Waals surface area contributed by atoms with Crippen molar-refractivity contribution in [2.24, 2.45) is 0 Å². The molecule has 0 radical (unpaired) electrons. The Morgan fingerprint density at radius 3 is 1.77 bits per heavy atom. The molecule has 0 aliphatic rings. The van der Waals surface area contributed by atoms with Crippen LogP contribution in [0.15, 0.2) is 138 Å². The van der Waals surface area contributed by atoms with Gasteiger partial charge in [0.15, 0.2) is 0 Å². The van der Waals surface area contributed by atoms with Crippen molar-refractivity contribution in [1.29, 1.82) is 0 Å². The van der Waals surface area contributed by atoms with Crippen molar-refractivity contribution >= 4 is 43.7 Å². The summed E-state index contributed by atoms with van der Waals surface area (Å²) in [7, 11) is 0. The van der Waals surface area contributed by atoms with E-state index in [1.807, 2.05) is 48.5 Å². The topological polar surface area (TPSA) is 38.9 Å². The van der Waals surface area contributed by atoms with Crippen molar-refractivity contribution in [3.63, 3.8) is 0 Å². The quantitative estimate of drug-likeness (QED) is 0.243. The molecule has 2 heterocycles. The van der Waals surface area contributed by atoms with E-state index in [2.05, 4.69) is 84.9 Å². The number of benzene rings is 6. The first-order chi connectivity index (χ1) is 19.3. The Kier molecular flexibility index (Phi) is 4.82. The summed E-state index contributed by atoms with van der Waals surface area (Å²) in [6.45, 7) is 0. The van der Waals surface area contributed by atoms with Crippen LogP contribution in [0.25, 0.3) is 77.4 Å². The maximum Gasteiger partial charge on any atom is 0.143 e. The van der Waals surface area contributed by atoms with Crippen molar-refractivity contribution in [1.82, 2.24) is 9.97 Å². The average molecular weight is 499 g/mol. The predicted octanol–water partition coefficient (Wildman–Crippen LogP) is 9.68. The van der Waals surface area contributed by atoms with E-state index in [0.29, 0.717) is 0 Å². The van der Waals surface area contributed by atoms with Gasteiger partial charge < -0.3 is 4.42 Å². The van der Waals surface area contributed by atoms with Crippen molar-refractivity contribution in [2.75, 3.05) is 0 Å². The van der Waals surface area contributed by atoms with Crippen LogP contribution in [0.4, 0.5) is 0 Å². The summed E-state index contributed by atoms with van der Waals surface area (Å²) in [5.74, 6) is 0. The molecule has 8 aromatic rings. The van der Waals surface area contributed by atoms with Crippen molar-refractivity contribution in [3.8, 4) is 33.6 Å². The van der Waals surface area contributed by atoms with Gasteiger partial charge in [0.2, 0.25) is 0 Å². The highest BCUT2D eigenvalue weighted by Gasteiger charge is 2.20.